The predicted molar refractivity (Wildman–Crippen MR) is 84.1 cm³/mol. The lowest BCUT2D eigenvalue weighted by molar-refractivity contribution is 0.376. The van der Waals surface area contributed by atoms with E-state index in [0.29, 0.717) is 0 Å². The number of rotatable bonds is 5. The van der Waals surface area contributed by atoms with Gasteiger partial charge < -0.3 is 10.2 Å². The number of anilines is 1. The maximum Gasteiger partial charge on any atom is 0.0393 e. The van der Waals surface area contributed by atoms with Gasteiger partial charge in [0.25, 0.3) is 0 Å². The Kier molecular flexibility index (Phi) is 5.26. The van der Waals surface area contributed by atoms with Crippen LogP contribution in [-0.4, -0.2) is 26.2 Å². The van der Waals surface area contributed by atoms with Gasteiger partial charge in [-0.15, -0.1) is 0 Å². The summed E-state index contributed by atoms with van der Waals surface area (Å²) < 4.78 is 0. The Hall–Kier alpha value is -1.02. The Bertz CT molecular complexity index is 394. The molecule has 0 aromatic heterocycles. The minimum absolute atomic E-state index is 0.765. The molecule has 1 atom stereocenters. The molecule has 106 valence electrons. The molecule has 19 heavy (non-hydrogen) atoms. The molecule has 2 rings (SSSR count). The molecule has 1 aromatic rings. The van der Waals surface area contributed by atoms with Crippen molar-refractivity contribution in [1.82, 2.24) is 5.32 Å². The highest BCUT2D eigenvalue weighted by molar-refractivity contribution is 5.53. The number of benzene rings is 1. The average molecular weight is 260 g/mol. The van der Waals surface area contributed by atoms with E-state index in [1.807, 2.05) is 0 Å². The van der Waals surface area contributed by atoms with Gasteiger partial charge in [0, 0.05) is 25.3 Å². The summed E-state index contributed by atoms with van der Waals surface area (Å²) in [6, 6.07) is 7.50. The number of hydrogen-bond acceptors (Lipinski definition) is 2. The summed E-state index contributed by atoms with van der Waals surface area (Å²) in [5.41, 5.74) is 4.11. The molecule has 0 amide bonds. The van der Waals surface area contributed by atoms with Crippen molar-refractivity contribution in [3.63, 3.8) is 0 Å². The van der Waals surface area contributed by atoms with Crippen molar-refractivity contribution in [2.75, 3.05) is 25.0 Å². The Balaban J connectivity index is 1.78. The first-order valence-corrected chi connectivity index (χ1v) is 7.68. The van der Waals surface area contributed by atoms with Crippen LogP contribution in [-0.2, 0) is 0 Å². The maximum absolute atomic E-state index is 3.63. The third kappa shape index (κ3) is 4.24. The smallest absolute Gasteiger partial charge is 0.0393 e. The first kappa shape index (κ1) is 14.4. The number of hydrogen-bond donors (Lipinski definition) is 1. The van der Waals surface area contributed by atoms with Crippen LogP contribution >= 0.6 is 0 Å². The average Bonchev–Trinajstić information content (AvgIpc) is 2.39. The molecular formula is C17H28N2. The van der Waals surface area contributed by atoms with Crippen molar-refractivity contribution < 1.29 is 0 Å². The predicted octanol–water partition coefficient (Wildman–Crippen LogP) is 3.66. The van der Waals surface area contributed by atoms with E-state index in [-0.39, 0.29) is 0 Å². The van der Waals surface area contributed by atoms with Gasteiger partial charge in [-0.05, 0) is 57.7 Å². The van der Waals surface area contributed by atoms with Gasteiger partial charge in [0.2, 0.25) is 0 Å². The van der Waals surface area contributed by atoms with Crippen LogP contribution in [0.5, 0.6) is 0 Å². The molecule has 1 aliphatic heterocycles. The summed E-state index contributed by atoms with van der Waals surface area (Å²) in [6.45, 7) is 6.74. The minimum Gasteiger partial charge on any atom is -0.374 e. The Morgan fingerprint density at radius 1 is 1.26 bits per heavy atom. The molecule has 1 fully saturated rings. The highest BCUT2D eigenvalue weighted by Gasteiger charge is 2.12. The van der Waals surface area contributed by atoms with E-state index >= 15 is 0 Å². The molecule has 0 saturated carbocycles. The van der Waals surface area contributed by atoms with E-state index < -0.39 is 0 Å². The lowest BCUT2D eigenvalue weighted by Gasteiger charge is -2.26. The Morgan fingerprint density at radius 3 is 2.79 bits per heavy atom. The van der Waals surface area contributed by atoms with Gasteiger partial charge in [0.05, 0.1) is 0 Å². The molecule has 1 heterocycles. The maximum atomic E-state index is 3.63. The lowest BCUT2D eigenvalue weighted by Crippen LogP contribution is -2.34. The first-order chi connectivity index (χ1) is 9.16. The molecule has 0 spiro atoms. The second-order valence-electron chi connectivity index (χ2n) is 6.00. The largest absolute Gasteiger partial charge is 0.374 e. The van der Waals surface area contributed by atoms with Crippen LogP contribution in [0.1, 0.15) is 43.2 Å². The van der Waals surface area contributed by atoms with E-state index in [2.05, 4.69) is 49.3 Å². The van der Waals surface area contributed by atoms with Crippen molar-refractivity contribution in [3.05, 3.63) is 29.3 Å². The Labute approximate surface area is 118 Å². The molecule has 1 aromatic carbocycles. The molecule has 0 aliphatic carbocycles. The molecule has 0 bridgehead atoms. The summed E-state index contributed by atoms with van der Waals surface area (Å²) >= 11 is 0. The van der Waals surface area contributed by atoms with E-state index in [0.717, 1.165) is 12.6 Å². The van der Waals surface area contributed by atoms with Gasteiger partial charge in [-0.25, -0.2) is 0 Å². The van der Waals surface area contributed by atoms with Crippen molar-refractivity contribution in [2.24, 2.45) is 0 Å². The third-order valence-corrected chi connectivity index (χ3v) is 4.22. The molecule has 1 saturated heterocycles. The highest BCUT2D eigenvalue weighted by atomic mass is 15.1. The Morgan fingerprint density at radius 2 is 2.11 bits per heavy atom. The summed E-state index contributed by atoms with van der Waals surface area (Å²) in [4.78, 5) is 2.40. The van der Waals surface area contributed by atoms with Crippen LogP contribution in [0.2, 0.25) is 0 Å². The summed E-state index contributed by atoms with van der Waals surface area (Å²) in [5.74, 6) is 0. The van der Waals surface area contributed by atoms with E-state index in [1.54, 1.807) is 0 Å². The highest BCUT2D eigenvalue weighted by Crippen LogP contribution is 2.20. The molecule has 1 unspecified atom stereocenters. The van der Waals surface area contributed by atoms with Gasteiger partial charge >= 0.3 is 0 Å². The van der Waals surface area contributed by atoms with Crippen LogP contribution in [0.3, 0.4) is 0 Å². The second-order valence-corrected chi connectivity index (χ2v) is 6.00. The zero-order valence-electron chi connectivity index (χ0n) is 12.7. The molecular weight excluding hydrogens is 232 g/mol. The van der Waals surface area contributed by atoms with Crippen LogP contribution in [0.25, 0.3) is 0 Å². The summed E-state index contributed by atoms with van der Waals surface area (Å²) in [6.07, 6.45) is 6.73. The van der Waals surface area contributed by atoms with Gasteiger partial charge in [-0.2, -0.15) is 0 Å². The monoisotopic (exact) mass is 260 g/mol. The fraction of sp³-hybridized carbons (Fsp3) is 0.647. The van der Waals surface area contributed by atoms with Crippen molar-refractivity contribution in [2.45, 2.75) is 52.0 Å². The molecule has 1 aliphatic rings. The summed E-state index contributed by atoms with van der Waals surface area (Å²) in [5, 5.41) is 3.63. The van der Waals surface area contributed by atoms with Gasteiger partial charge in [0.15, 0.2) is 0 Å². The van der Waals surface area contributed by atoms with Crippen LogP contribution < -0.4 is 10.2 Å². The van der Waals surface area contributed by atoms with Gasteiger partial charge in [0.1, 0.15) is 0 Å². The standard InChI is InChI=1S/C17H28N2/c1-14-9-10-17(15(2)13-14)19(3)12-6-8-16-7-4-5-11-18-16/h9-10,13,16,18H,4-8,11-12H2,1-3H3. The van der Waals surface area contributed by atoms with E-state index in [9.17, 15) is 0 Å². The SMILES string of the molecule is Cc1ccc(N(C)CCCC2CCCCN2)c(C)c1. The first-order valence-electron chi connectivity index (χ1n) is 7.68. The molecule has 2 nitrogen and oxygen atoms in total. The quantitative estimate of drug-likeness (QED) is 0.869. The normalized spacial score (nSPS) is 19.4. The minimum atomic E-state index is 0.765. The van der Waals surface area contributed by atoms with Gasteiger partial charge in [-0.1, -0.05) is 24.1 Å². The molecule has 2 heteroatoms. The van der Waals surface area contributed by atoms with Crippen LogP contribution in [0.4, 0.5) is 5.69 Å². The fourth-order valence-electron chi connectivity index (χ4n) is 3.10. The van der Waals surface area contributed by atoms with Crippen molar-refractivity contribution in [3.8, 4) is 0 Å². The number of nitrogens with zero attached hydrogens (tertiary/aromatic N) is 1. The second kappa shape index (κ2) is 6.95. The van der Waals surface area contributed by atoms with Crippen LogP contribution in [0.15, 0.2) is 18.2 Å². The zero-order chi connectivity index (χ0) is 13.7. The summed E-state index contributed by atoms with van der Waals surface area (Å²) in [7, 11) is 2.21. The van der Waals surface area contributed by atoms with E-state index in [4.69, 9.17) is 0 Å². The molecule has 1 N–H and O–H groups in total. The number of aryl methyl sites for hydroxylation is 2. The van der Waals surface area contributed by atoms with Crippen molar-refractivity contribution >= 4 is 5.69 Å². The fourth-order valence-corrected chi connectivity index (χ4v) is 3.10. The lowest BCUT2D eigenvalue weighted by atomic mass is 10.0. The van der Waals surface area contributed by atoms with E-state index in [1.165, 1.54) is 55.5 Å². The zero-order valence-corrected chi connectivity index (χ0v) is 12.7. The van der Waals surface area contributed by atoms with Crippen molar-refractivity contribution in [1.29, 1.82) is 0 Å². The third-order valence-electron chi connectivity index (χ3n) is 4.22. The van der Waals surface area contributed by atoms with Crippen LogP contribution in [0, 0.1) is 13.8 Å². The van der Waals surface area contributed by atoms with Gasteiger partial charge in [-0.3, -0.25) is 0 Å². The molecule has 0 radical (unpaired) electrons. The topological polar surface area (TPSA) is 15.3 Å². The number of piperidine rings is 1. The number of nitrogens with one attached hydrogen (secondary N) is 1.